The van der Waals surface area contributed by atoms with E-state index in [0.29, 0.717) is 15.6 Å². The van der Waals surface area contributed by atoms with Gasteiger partial charge in [-0.2, -0.15) is 0 Å². The van der Waals surface area contributed by atoms with Crippen LogP contribution in [0.15, 0.2) is 18.2 Å². The average molecular weight is 338 g/mol. The summed E-state index contributed by atoms with van der Waals surface area (Å²) in [5.74, 6) is -0.304. The fraction of sp³-hybridized carbons (Fsp3) is 0.462. The Morgan fingerprint density at radius 2 is 1.80 bits per heavy atom. The monoisotopic (exact) mass is 337 g/mol. The van der Waals surface area contributed by atoms with Crippen LogP contribution in [-0.4, -0.2) is 44.3 Å². The fourth-order valence-electron chi connectivity index (χ4n) is 1.77. The van der Waals surface area contributed by atoms with Gasteiger partial charge in [-0.15, -0.1) is 0 Å². The first-order valence-electron chi connectivity index (χ1n) is 5.98. The summed E-state index contributed by atoms with van der Waals surface area (Å²) in [6.45, 7) is 1.69. The molecule has 20 heavy (non-hydrogen) atoms. The summed E-state index contributed by atoms with van der Waals surface area (Å²) >= 11 is 12.0. The van der Waals surface area contributed by atoms with Crippen LogP contribution in [0.1, 0.15) is 12.5 Å². The van der Waals surface area contributed by atoms with Gasteiger partial charge in [0.2, 0.25) is 5.91 Å². The zero-order valence-electron chi connectivity index (χ0n) is 11.6. The molecule has 0 saturated heterocycles. The lowest BCUT2D eigenvalue weighted by atomic mass is 10.1. The number of amides is 1. The first-order chi connectivity index (χ1) is 9.11. The molecule has 1 aromatic carbocycles. The van der Waals surface area contributed by atoms with Crippen molar-refractivity contribution in [2.24, 2.45) is 0 Å². The topological polar surface area (TPSA) is 54.5 Å². The molecule has 0 aliphatic carbocycles. The summed E-state index contributed by atoms with van der Waals surface area (Å²) in [6, 6.07) is 4.62. The third-order valence-corrected chi connectivity index (χ3v) is 4.78. The Morgan fingerprint density at radius 1 is 1.30 bits per heavy atom. The first-order valence-corrected chi connectivity index (χ1v) is 8.79. The predicted molar refractivity (Wildman–Crippen MR) is 82.1 cm³/mol. The summed E-state index contributed by atoms with van der Waals surface area (Å²) in [7, 11) is -1.56. The summed E-state index contributed by atoms with van der Waals surface area (Å²) < 4.78 is 22.5. The zero-order chi connectivity index (χ0) is 15.5. The molecule has 1 amide bonds. The number of nitrogens with zero attached hydrogens (tertiary/aromatic N) is 1. The number of hydrogen-bond acceptors (Lipinski definition) is 3. The van der Waals surface area contributed by atoms with Crippen LogP contribution in [0.3, 0.4) is 0 Å². The van der Waals surface area contributed by atoms with Gasteiger partial charge in [-0.3, -0.25) is 4.79 Å². The lowest BCUT2D eigenvalue weighted by Crippen LogP contribution is -2.40. The molecular weight excluding hydrogens is 321 g/mol. The fourth-order valence-corrected chi connectivity index (χ4v) is 3.40. The normalized spacial score (nSPS) is 13.1. The molecule has 7 heteroatoms. The summed E-state index contributed by atoms with van der Waals surface area (Å²) in [5, 5.41) is 0.852. The van der Waals surface area contributed by atoms with Crippen molar-refractivity contribution in [1.29, 1.82) is 0 Å². The van der Waals surface area contributed by atoms with E-state index in [-0.39, 0.29) is 18.1 Å². The molecule has 0 aliphatic heterocycles. The number of carbonyl (C=O) groups excluding carboxylic acids is 1. The van der Waals surface area contributed by atoms with Gasteiger partial charge in [-0.1, -0.05) is 29.3 Å². The van der Waals surface area contributed by atoms with E-state index in [1.165, 1.54) is 4.90 Å². The summed E-state index contributed by atoms with van der Waals surface area (Å²) in [5.41, 5.74) is 0.555. The van der Waals surface area contributed by atoms with Crippen LogP contribution in [-0.2, 0) is 21.1 Å². The van der Waals surface area contributed by atoms with Crippen molar-refractivity contribution in [3.63, 3.8) is 0 Å². The molecule has 0 N–H and O–H groups in total. The minimum atomic E-state index is -3.14. The second-order valence-electron chi connectivity index (χ2n) is 4.82. The van der Waals surface area contributed by atoms with Crippen molar-refractivity contribution in [2.45, 2.75) is 19.4 Å². The van der Waals surface area contributed by atoms with Gasteiger partial charge in [-0.05, 0) is 24.6 Å². The van der Waals surface area contributed by atoms with Gasteiger partial charge in [-0.25, -0.2) is 8.42 Å². The summed E-state index contributed by atoms with van der Waals surface area (Å²) in [6.07, 6.45) is 1.19. The van der Waals surface area contributed by atoms with E-state index in [4.69, 9.17) is 23.2 Å². The molecule has 0 fully saturated rings. The molecule has 0 saturated carbocycles. The number of likely N-dealkylation sites (N-methyl/N-ethyl adjacent to an activating group) is 1. The van der Waals surface area contributed by atoms with E-state index >= 15 is 0 Å². The smallest absolute Gasteiger partial charge is 0.227 e. The highest BCUT2D eigenvalue weighted by atomic mass is 35.5. The van der Waals surface area contributed by atoms with Gasteiger partial charge >= 0.3 is 0 Å². The third-order valence-electron chi connectivity index (χ3n) is 2.99. The quantitative estimate of drug-likeness (QED) is 0.829. The Kier molecular flexibility index (Phi) is 5.86. The van der Waals surface area contributed by atoms with E-state index in [0.717, 1.165) is 6.26 Å². The van der Waals surface area contributed by atoms with Gasteiger partial charge in [0.1, 0.15) is 9.84 Å². The highest BCUT2D eigenvalue weighted by molar-refractivity contribution is 7.90. The first kappa shape index (κ1) is 17.3. The molecule has 0 heterocycles. The van der Waals surface area contributed by atoms with E-state index in [1.807, 2.05) is 0 Å². The van der Waals surface area contributed by atoms with Crippen LogP contribution in [0.2, 0.25) is 10.0 Å². The number of benzene rings is 1. The molecule has 0 unspecified atom stereocenters. The molecule has 0 aliphatic rings. The molecule has 1 rings (SSSR count). The Hall–Kier alpha value is -0.780. The summed E-state index contributed by atoms with van der Waals surface area (Å²) in [4.78, 5) is 13.6. The number of carbonyl (C=O) groups is 1. The molecule has 4 nitrogen and oxygen atoms in total. The predicted octanol–water partition coefficient (Wildman–Crippen LogP) is 2.43. The van der Waals surface area contributed by atoms with Gasteiger partial charge in [0.15, 0.2) is 0 Å². The molecule has 0 spiro atoms. The van der Waals surface area contributed by atoms with Crippen LogP contribution >= 0.6 is 23.2 Å². The lowest BCUT2D eigenvalue weighted by Gasteiger charge is -2.24. The van der Waals surface area contributed by atoms with Crippen LogP contribution in [0, 0.1) is 0 Å². The highest BCUT2D eigenvalue weighted by Gasteiger charge is 2.21. The van der Waals surface area contributed by atoms with Crippen molar-refractivity contribution in [3.8, 4) is 0 Å². The Bertz CT molecular complexity index is 581. The van der Waals surface area contributed by atoms with Gasteiger partial charge < -0.3 is 4.90 Å². The molecule has 0 radical (unpaired) electrons. The maximum Gasteiger partial charge on any atom is 0.227 e. The second kappa shape index (κ2) is 6.78. The van der Waals surface area contributed by atoms with Gasteiger partial charge in [0.05, 0.1) is 12.2 Å². The molecule has 1 aromatic rings. The van der Waals surface area contributed by atoms with E-state index in [2.05, 4.69) is 0 Å². The number of sulfone groups is 1. The van der Waals surface area contributed by atoms with Crippen molar-refractivity contribution < 1.29 is 13.2 Å². The molecule has 0 bridgehead atoms. The van der Waals surface area contributed by atoms with Crippen molar-refractivity contribution >= 4 is 38.9 Å². The molecule has 0 aromatic heterocycles. The van der Waals surface area contributed by atoms with E-state index < -0.39 is 15.9 Å². The van der Waals surface area contributed by atoms with Crippen molar-refractivity contribution in [2.75, 3.05) is 19.1 Å². The molecular formula is C13H17Cl2NO3S. The van der Waals surface area contributed by atoms with Crippen molar-refractivity contribution in [1.82, 2.24) is 4.90 Å². The average Bonchev–Trinajstić information content (AvgIpc) is 2.30. The zero-order valence-corrected chi connectivity index (χ0v) is 13.9. The maximum absolute atomic E-state index is 12.2. The molecule has 112 valence electrons. The van der Waals surface area contributed by atoms with Crippen LogP contribution in [0.5, 0.6) is 0 Å². The minimum absolute atomic E-state index is 0.0448. The second-order valence-corrected chi connectivity index (χ2v) is 7.82. The minimum Gasteiger partial charge on any atom is -0.342 e. The highest BCUT2D eigenvalue weighted by Crippen LogP contribution is 2.25. The largest absolute Gasteiger partial charge is 0.342 e. The van der Waals surface area contributed by atoms with Crippen molar-refractivity contribution in [3.05, 3.63) is 33.8 Å². The van der Waals surface area contributed by atoms with Crippen LogP contribution in [0.25, 0.3) is 0 Å². The Morgan fingerprint density at radius 3 is 2.25 bits per heavy atom. The lowest BCUT2D eigenvalue weighted by molar-refractivity contribution is -0.130. The van der Waals surface area contributed by atoms with Gasteiger partial charge in [0.25, 0.3) is 0 Å². The Labute approximate surface area is 129 Å². The van der Waals surface area contributed by atoms with E-state index in [1.54, 1.807) is 32.2 Å². The SMILES string of the molecule is C[C@@H](CS(C)(=O)=O)N(C)C(=O)Cc1c(Cl)cccc1Cl. The number of rotatable bonds is 5. The maximum atomic E-state index is 12.2. The van der Waals surface area contributed by atoms with Gasteiger partial charge in [0, 0.05) is 29.4 Å². The number of halogens is 2. The molecule has 1 atom stereocenters. The van der Waals surface area contributed by atoms with Crippen LogP contribution < -0.4 is 0 Å². The third kappa shape index (κ3) is 4.96. The standard InChI is InChI=1S/C13H17Cl2NO3S/c1-9(8-20(3,18)19)16(2)13(17)7-10-11(14)5-4-6-12(10)15/h4-6,9H,7-8H2,1-3H3/t9-/m0/s1. The Balaban J connectivity index is 2.81. The van der Waals surface area contributed by atoms with Crippen LogP contribution in [0.4, 0.5) is 0 Å². The number of hydrogen-bond donors (Lipinski definition) is 0. The van der Waals surface area contributed by atoms with E-state index in [9.17, 15) is 13.2 Å².